The summed E-state index contributed by atoms with van der Waals surface area (Å²) in [6, 6.07) is 16.1. The highest BCUT2D eigenvalue weighted by Crippen LogP contribution is 2.29. The lowest BCUT2D eigenvalue weighted by Crippen LogP contribution is -2.45. The van der Waals surface area contributed by atoms with Crippen LogP contribution in [-0.4, -0.2) is 70.6 Å². The fourth-order valence-corrected chi connectivity index (χ4v) is 3.74. The second kappa shape index (κ2) is 12.3. The van der Waals surface area contributed by atoms with Gasteiger partial charge in [0.05, 0.1) is 11.6 Å². The van der Waals surface area contributed by atoms with Crippen LogP contribution in [0.25, 0.3) is 0 Å². The summed E-state index contributed by atoms with van der Waals surface area (Å²) in [6.45, 7) is 2.53. The predicted molar refractivity (Wildman–Crippen MR) is 132 cm³/mol. The lowest BCUT2D eigenvalue weighted by molar-refractivity contribution is -0.133. The number of carbonyl (C=O) groups excluding carboxylic acids is 1. The van der Waals surface area contributed by atoms with Crippen LogP contribution in [0.4, 0.5) is 0 Å². The van der Waals surface area contributed by atoms with E-state index in [1.165, 1.54) is 4.90 Å². The van der Waals surface area contributed by atoms with E-state index in [2.05, 4.69) is 11.4 Å². The highest BCUT2D eigenvalue weighted by molar-refractivity contribution is 6.30. The van der Waals surface area contributed by atoms with Crippen LogP contribution in [0, 0.1) is 11.3 Å². The summed E-state index contributed by atoms with van der Waals surface area (Å²) >= 11 is 6.06. The van der Waals surface area contributed by atoms with Crippen molar-refractivity contribution < 1.29 is 19.7 Å². The third-order valence-corrected chi connectivity index (χ3v) is 5.91. The first-order valence-corrected chi connectivity index (χ1v) is 11.7. The molecule has 3 N–H and O–H groups in total. The first-order valence-electron chi connectivity index (χ1n) is 11.3. The number of hydrogen-bond acceptors (Lipinski definition) is 8. The zero-order valence-corrected chi connectivity index (χ0v) is 20.6. The highest BCUT2D eigenvalue weighted by Gasteiger charge is 2.39. The molecule has 35 heavy (non-hydrogen) atoms. The van der Waals surface area contributed by atoms with Crippen LogP contribution in [0.3, 0.4) is 0 Å². The number of benzene rings is 2. The molecule has 0 saturated carbocycles. The fraction of sp³-hybridized carbons (Fsp3) is 0.360. The highest BCUT2D eigenvalue weighted by atomic mass is 35.5. The summed E-state index contributed by atoms with van der Waals surface area (Å²) in [5.74, 6) is 0.699. The van der Waals surface area contributed by atoms with Crippen molar-refractivity contribution in [2.75, 3.05) is 33.5 Å². The van der Waals surface area contributed by atoms with E-state index in [-0.39, 0.29) is 19.1 Å². The summed E-state index contributed by atoms with van der Waals surface area (Å²) in [7, 11) is 1.86. The second-order valence-corrected chi connectivity index (χ2v) is 8.44. The third kappa shape index (κ3) is 6.36. The molecule has 2 aromatic rings. The van der Waals surface area contributed by atoms with E-state index in [4.69, 9.17) is 21.6 Å². The van der Waals surface area contributed by atoms with E-state index < -0.39 is 13.1 Å². The van der Waals surface area contributed by atoms with Crippen LogP contribution in [-0.2, 0) is 11.3 Å². The molecular formula is C25H30ClN5O4. The third-order valence-electron chi connectivity index (χ3n) is 5.65. The normalized spacial score (nSPS) is 15.0. The van der Waals surface area contributed by atoms with Gasteiger partial charge in [-0.05, 0) is 55.3 Å². The summed E-state index contributed by atoms with van der Waals surface area (Å²) in [4.78, 5) is 18.6. The van der Waals surface area contributed by atoms with Crippen molar-refractivity contribution in [1.29, 1.82) is 5.26 Å². The molecule has 1 heterocycles. The molecule has 0 saturated heterocycles. The number of ether oxygens (including phenoxy) is 1. The molecule has 1 aliphatic heterocycles. The van der Waals surface area contributed by atoms with E-state index in [9.17, 15) is 15.0 Å². The van der Waals surface area contributed by atoms with Gasteiger partial charge in [-0.2, -0.15) is 5.26 Å². The van der Waals surface area contributed by atoms with E-state index in [0.717, 1.165) is 5.56 Å². The number of aliphatic hydroxyl groups is 2. The summed E-state index contributed by atoms with van der Waals surface area (Å²) in [5.41, 5.74) is 1.76. The molecule has 0 fully saturated rings. The zero-order chi connectivity index (χ0) is 25.4. The van der Waals surface area contributed by atoms with Crippen molar-refractivity contribution in [2.45, 2.75) is 26.2 Å². The molecule has 1 atom stereocenters. The summed E-state index contributed by atoms with van der Waals surface area (Å²) in [5, 5.41) is 32.1. The molecule has 2 aromatic carbocycles. The molecular weight excluding hydrogens is 470 g/mol. The van der Waals surface area contributed by atoms with Crippen LogP contribution in [0.5, 0.6) is 5.75 Å². The van der Waals surface area contributed by atoms with E-state index in [0.29, 0.717) is 47.4 Å². The Morgan fingerprint density at radius 3 is 2.46 bits per heavy atom. The Morgan fingerprint density at radius 1 is 1.20 bits per heavy atom. The van der Waals surface area contributed by atoms with Gasteiger partial charge in [0.2, 0.25) is 0 Å². The molecule has 0 aliphatic carbocycles. The first-order chi connectivity index (χ1) is 16.9. The summed E-state index contributed by atoms with van der Waals surface area (Å²) < 4.78 is 6.22. The van der Waals surface area contributed by atoms with Crippen molar-refractivity contribution in [3.63, 3.8) is 0 Å². The second-order valence-electron chi connectivity index (χ2n) is 8.00. The minimum absolute atomic E-state index is 0.0955. The molecule has 0 radical (unpaired) electrons. The van der Waals surface area contributed by atoms with Gasteiger partial charge < -0.3 is 35.0 Å². The van der Waals surface area contributed by atoms with Gasteiger partial charge in [0, 0.05) is 38.3 Å². The largest absolute Gasteiger partial charge is 0.452 e. The Hall–Kier alpha value is -3.45. The summed E-state index contributed by atoms with van der Waals surface area (Å²) in [6.07, 6.45) is -0.395. The topological polar surface area (TPSA) is 112 Å². The van der Waals surface area contributed by atoms with Gasteiger partial charge in [0.25, 0.3) is 12.3 Å². The standard InChI is InChI=1S/C25H30ClN5O4/c1-3-29(2)23-22(24(34)30(17-33)13-4-14-32)31(16-19-5-9-20(26)10-6-19)25(28-23)35-21-11-7-18(15-27)8-12-21/h5-12,25,28,32-33H,3-4,13-14,16-17H2,1-2H3. The van der Waals surface area contributed by atoms with Crippen molar-refractivity contribution in [1.82, 2.24) is 20.0 Å². The van der Waals surface area contributed by atoms with E-state index in [1.807, 2.05) is 31.0 Å². The Morgan fingerprint density at radius 2 is 1.89 bits per heavy atom. The van der Waals surface area contributed by atoms with Crippen LogP contribution in [0.15, 0.2) is 60.0 Å². The fourth-order valence-electron chi connectivity index (χ4n) is 3.62. The lowest BCUT2D eigenvalue weighted by Gasteiger charge is -2.30. The average Bonchev–Trinajstić information content (AvgIpc) is 3.23. The molecule has 1 amide bonds. The Bertz CT molecular complexity index is 1070. The smallest absolute Gasteiger partial charge is 0.275 e. The number of nitrogens with zero attached hydrogens (tertiary/aromatic N) is 4. The van der Waals surface area contributed by atoms with Crippen molar-refractivity contribution in [2.24, 2.45) is 0 Å². The van der Waals surface area contributed by atoms with Gasteiger partial charge in [-0.15, -0.1) is 0 Å². The molecule has 1 unspecified atom stereocenters. The quantitative estimate of drug-likeness (QED) is 0.404. The molecule has 0 spiro atoms. The molecule has 3 rings (SSSR count). The Kier molecular flexibility index (Phi) is 9.20. The number of hydrogen-bond donors (Lipinski definition) is 3. The SMILES string of the molecule is CCN(C)C1=C(C(=O)N(CO)CCCO)N(Cc2ccc(Cl)cc2)C(Oc2ccc(C#N)cc2)N1. The average molecular weight is 500 g/mol. The molecule has 10 heteroatoms. The monoisotopic (exact) mass is 499 g/mol. The Balaban J connectivity index is 2.00. The number of aliphatic hydroxyl groups excluding tert-OH is 2. The van der Waals surface area contributed by atoms with E-state index in [1.54, 1.807) is 41.3 Å². The molecule has 9 nitrogen and oxygen atoms in total. The molecule has 0 bridgehead atoms. The van der Waals surface area contributed by atoms with Crippen LogP contribution >= 0.6 is 11.6 Å². The van der Waals surface area contributed by atoms with Gasteiger partial charge in [-0.1, -0.05) is 23.7 Å². The minimum Gasteiger partial charge on any atom is -0.452 e. The molecule has 1 aliphatic rings. The van der Waals surface area contributed by atoms with Crippen LogP contribution in [0.2, 0.25) is 5.02 Å². The van der Waals surface area contributed by atoms with Crippen molar-refractivity contribution in [3.8, 4) is 11.8 Å². The van der Waals surface area contributed by atoms with Gasteiger partial charge >= 0.3 is 0 Å². The number of nitrogens with one attached hydrogen (secondary N) is 1. The zero-order valence-electron chi connectivity index (χ0n) is 19.8. The maximum absolute atomic E-state index is 13.7. The van der Waals surface area contributed by atoms with Crippen LogP contribution in [0.1, 0.15) is 24.5 Å². The maximum atomic E-state index is 13.7. The van der Waals surface area contributed by atoms with Crippen molar-refractivity contribution in [3.05, 3.63) is 76.2 Å². The first kappa shape index (κ1) is 26.2. The number of amides is 1. The Labute approximate surface area is 210 Å². The van der Waals surface area contributed by atoms with Gasteiger partial charge in [0.15, 0.2) is 0 Å². The minimum atomic E-state index is -0.736. The molecule has 0 aromatic heterocycles. The predicted octanol–water partition coefficient (Wildman–Crippen LogP) is 2.26. The van der Waals surface area contributed by atoms with Gasteiger partial charge in [-0.25, -0.2) is 0 Å². The van der Waals surface area contributed by atoms with E-state index >= 15 is 0 Å². The maximum Gasteiger partial charge on any atom is 0.275 e. The number of halogens is 1. The number of nitriles is 1. The lowest BCUT2D eigenvalue weighted by atomic mass is 10.2. The van der Waals surface area contributed by atoms with Gasteiger partial charge in [-0.3, -0.25) is 4.79 Å². The molecule has 186 valence electrons. The number of rotatable bonds is 11. The van der Waals surface area contributed by atoms with Crippen LogP contribution < -0.4 is 10.1 Å². The van der Waals surface area contributed by atoms with Gasteiger partial charge in [0.1, 0.15) is 24.0 Å². The van der Waals surface area contributed by atoms with Crippen molar-refractivity contribution >= 4 is 17.5 Å². The number of carbonyl (C=O) groups is 1.